The zero-order chi connectivity index (χ0) is 47.4. The maximum Gasteiger partial charge on any atom is 0.185 e. The van der Waals surface area contributed by atoms with E-state index in [1.807, 2.05) is 0 Å². The second-order valence-corrected chi connectivity index (χ2v) is 27.0. The third-order valence-electron chi connectivity index (χ3n) is 10.3. The zero-order valence-corrected chi connectivity index (χ0v) is 39.8. The van der Waals surface area contributed by atoms with Crippen LogP contribution in [0.25, 0.3) is 0 Å². The molecule has 0 saturated heterocycles. The molecule has 0 N–H and O–H groups in total. The topological polar surface area (TPSA) is 205 Å². The fraction of sp³-hybridized carbons (Fsp3) is 0.125. The van der Waals surface area contributed by atoms with E-state index in [1.54, 1.807) is 36.4 Å². The van der Waals surface area contributed by atoms with Gasteiger partial charge in [-0.05, 0) is 33.4 Å². The molecule has 0 atom stereocenters. The number of benzene rings is 7. The molecule has 0 aliphatic rings. The van der Waals surface area contributed by atoms with Gasteiger partial charge in [-0.15, -0.1) is 0 Å². The fourth-order valence-electron chi connectivity index (χ4n) is 7.51. The lowest BCUT2D eigenvalue weighted by molar-refractivity contribution is 0.538. The van der Waals surface area contributed by atoms with Crippen LogP contribution in [0.4, 0.5) is 0 Å². The van der Waals surface area contributed by atoms with Crippen molar-refractivity contribution in [2.24, 2.45) is 0 Å². The Hall–Kier alpha value is -5.76. The van der Waals surface area contributed by atoms with Gasteiger partial charge in [0, 0.05) is 0 Å². The predicted octanol–water partition coefficient (Wildman–Crippen LogP) is 7.53. The molecular formula is C48H42O12S6. The summed E-state index contributed by atoms with van der Waals surface area (Å²) in [6.07, 6.45) is 0. The molecule has 66 heavy (non-hydrogen) atoms. The lowest BCUT2D eigenvalue weighted by Crippen LogP contribution is -2.29. The summed E-state index contributed by atoms with van der Waals surface area (Å²) in [5.41, 5.74) is -0.0918. The molecule has 7 rings (SSSR count). The van der Waals surface area contributed by atoms with E-state index in [1.165, 1.54) is 146 Å². The highest BCUT2D eigenvalue weighted by molar-refractivity contribution is 7.98. The van der Waals surface area contributed by atoms with Gasteiger partial charge in [0.15, 0.2) is 59.0 Å². The smallest absolute Gasteiger partial charge is 0.185 e. The Kier molecular flexibility index (Phi) is 14.0. The van der Waals surface area contributed by atoms with Gasteiger partial charge < -0.3 is 0 Å². The van der Waals surface area contributed by atoms with Crippen molar-refractivity contribution in [3.05, 3.63) is 215 Å². The molecule has 0 bridgehead atoms. The van der Waals surface area contributed by atoms with Crippen molar-refractivity contribution in [1.29, 1.82) is 0 Å². The first-order valence-electron chi connectivity index (χ1n) is 20.0. The van der Waals surface area contributed by atoms with Crippen LogP contribution in [0.15, 0.2) is 211 Å². The molecule has 0 fully saturated rings. The first kappa shape index (κ1) is 48.2. The normalized spacial score (nSPS) is 12.7. The van der Waals surface area contributed by atoms with Crippen LogP contribution in [0.2, 0.25) is 0 Å². The van der Waals surface area contributed by atoms with E-state index in [0.29, 0.717) is 0 Å². The van der Waals surface area contributed by atoms with Crippen LogP contribution in [0.5, 0.6) is 0 Å². The highest BCUT2D eigenvalue weighted by Crippen LogP contribution is 2.48. The van der Waals surface area contributed by atoms with E-state index in [2.05, 4.69) is 0 Å². The summed E-state index contributed by atoms with van der Waals surface area (Å²) in [5, 5.41) is 0. The molecule has 7 aromatic rings. The summed E-state index contributed by atoms with van der Waals surface area (Å²) in [7, 11) is -33.2. The van der Waals surface area contributed by atoms with Gasteiger partial charge in [0.05, 0.1) is 34.5 Å². The lowest BCUT2D eigenvalue weighted by Gasteiger charge is -2.26. The van der Waals surface area contributed by atoms with Gasteiger partial charge in [-0.25, -0.2) is 50.5 Å². The third kappa shape index (κ3) is 10.9. The minimum absolute atomic E-state index is 0.0153. The van der Waals surface area contributed by atoms with Gasteiger partial charge in [0.25, 0.3) is 0 Å². The van der Waals surface area contributed by atoms with E-state index in [4.69, 9.17) is 0 Å². The van der Waals surface area contributed by atoms with Crippen molar-refractivity contribution < 1.29 is 50.5 Å². The van der Waals surface area contributed by atoms with Crippen LogP contribution in [0, 0.1) is 0 Å². The molecule has 0 saturated carbocycles. The molecule has 0 amide bonds. The van der Waals surface area contributed by atoms with Gasteiger partial charge >= 0.3 is 0 Å². The van der Waals surface area contributed by atoms with E-state index >= 15 is 50.5 Å². The van der Waals surface area contributed by atoms with E-state index in [0.717, 1.165) is 0 Å². The second-order valence-electron chi connectivity index (χ2n) is 15.4. The SMILES string of the molecule is O=S(=O)(Cc1ccccc1)c1c(S(=O)(=O)Cc2ccccc2)c(S(=O)(=O)Cc2ccccc2)c(S(=O)(=O)Cc2ccccc2)c(S(=O)(=O)Cc2ccccc2)c1S(=O)(=O)Cc1ccccc1. The van der Waals surface area contributed by atoms with Crippen LogP contribution in [0.1, 0.15) is 33.4 Å². The Labute approximate surface area is 386 Å². The van der Waals surface area contributed by atoms with E-state index in [-0.39, 0.29) is 33.4 Å². The summed E-state index contributed by atoms with van der Waals surface area (Å²) < 4.78 is 186. The van der Waals surface area contributed by atoms with Gasteiger partial charge in [0.2, 0.25) is 0 Å². The quantitative estimate of drug-likeness (QED) is 0.0819. The monoisotopic (exact) mass is 1000 g/mol. The zero-order valence-electron chi connectivity index (χ0n) is 34.9. The second kappa shape index (κ2) is 19.2. The van der Waals surface area contributed by atoms with Crippen molar-refractivity contribution in [2.45, 2.75) is 63.9 Å². The Morgan fingerprint density at radius 2 is 0.288 bits per heavy atom. The molecule has 0 spiro atoms. The molecule has 0 aliphatic heterocycles. The minimum atomic E-state index is -5.54. The highest BCUT2D eigenvalue weighted by Gasteiger charge is 2.49. The van der Waals surface area contributed by atoms with Crippen LogP contribution in [-0.2, 0) is 93.5 Å². The van der Waals surface area contributed by atoms with Crippen LogP contribution >= 0.6 is 0 Å². The minimum Gasteiger partial charge on any atom is -0.223 e. The van der Waals surface area contributed by atoms with Crippen molar-refractivity contribution in [1.82, 2.24) is 0 Å². The largest absolute Gasteiger partial charge is 0.223 e. The van der Waals surface area contributed by atoms with Gasteiger partial charge in [0.1, 0.15) is 29.4 Å². The Bertz CT molecular complexity index is 2910. The van der Waals surface area contributed by atoms with E-state index < -0.39 is 123 Å². The van der Waals surface area contributed by atoms with Crippen molar-refractivity contribution >= 4 is 59.0 Å². The first-order valence-corrected chi connectivity index (χ1v) is 30.0. The van der Waals surface area contributed by atoms with Crippen molar-refractivity contribution in [3.63, 3.8) is 0 Å². The van der Waals surface area contributed by atoms with Gasteiger partial charge in [-0.3, -0.25) is 0 Å². The molecule has 7 aromatic carbocycles. The Morgan fingerprint density at radius 1 is 0.182 bits per heavy atom. The van der Waals surface area contributed by atoms with Crippen LogP contribution in [-0.4, -0.2) is 50.5 Å². The average Bonchev–Trinajstić information content (AvgIpc) is 3.26. The molecule has 0 heterocycles. The molecule has 0 aromatic heterocycles. The average molecular weight is 1000 g/mol. The fourth-order valence-corrected chi connectivity index (χ4v) is 21.7. The number of hydrogen-bond donors (Lipinski definition) is 0. The maximum atomic E-state index is 15.5. The van der Waals surface area contributed by atoms with Crippen LogP contribution in [0.3, 0.4) is 0 Å². The van der Waals surface area contributed by atoms with Crippen LogP contribution < -0.4 is 0 Å². The number of sulfone groups is 6. The summed E-state index contributed by atoms with van der Waals surface area (Å²) in [4.78, 5) is -10.0. The Balaban J connectivity index is 1.80. The maximum absolute atomic E-state index is 15.5. The standard InChI is InChI=1S/C48H42O12S6/c49-61(50,31-37-19-7-1-8-20-37)43-44(62(51,52)32-38-21-9-2-10-22-38)46(64(55,56)34-40-25-13-4-14-26-40)48(66(59,60)36-42-29-17-6-18-30-42)47(65(57,58)35-41-27-15-5-16-28-41)45(43)63(53,54)33-39-23-11-3-12-24-39/h1-30H,31-36H2. The molecular weight excluding hydrogens is 961 g/mol. The summed E-state index contributed by atoms with van der Waals surface area (Å²) in [6, 6.07) is 42.8. The summed E-state index contributed by atoms with van der Waals surface area (Å²) >= 11 is 0. The first-order chi connectivity index (χ1) is 31.2. The Morgan fingerprint density at radius 3 is 0.394 bits per heavy atom. The summed E-state index contributed by atoms with van der Waals surface area (Å²) in [5.74, 6) is -6.99. The van der Waals surface area contributed by atoms with Crippen molar-refractivity contribution in [2.75, 3.05) is 0 Å². The number of hydrogen-bond acceptors (Lipinski definition) is 12. The molecule has 12 nitrogen and oxygen atoms in total. The van der Waals surface area contributed by atoms with Gasteiger partial charge in [-0.2, -0.15) is 0 Å². The molecule has 342 valence electrons. The predicted molar refractivity (Wildman–Crippen MR) is 250 cm³/mol. The third-order valence-corrected chi connectivity index (χ3v) is 21.5. The molecule has 0 radical (unpaired) electrons. The lowest BCUT2D eigenvalue weighted by atomic mass is 10.2. The molecule has 18 heteroatoms. The molecule has 0 unspecified atom stereocenters. The van der Waals surface area contributed by atoms with E-state index in [9.17, 15) is 0 Å². The summed E-state index contributed by atoms with van der Waals surface area (Å²) in [6.45, 7) is 0. The highest BCUT2D eigenvalue weighted by atomic mass is 32.2. The van der Waals surface area contributed by atoms with Gasteiger partial charge in [-0.1, -0.05) is 182 Å². The molecule has 0 aliphatic carbocycles. The number of rotatable bonds is 18. The van der Waals surface area contributed by atoms with Crippen molar-refractivity contribution in [3.8, 4) is 0 Å².